The van der Waals surface area contributed by atoms with E-state index in [0.29, 0.717) is 30.2 Å². The Bertz CT molecular complexity index is 1020. The predicted molar refractivity (Wildman–Crippen MR) is 99.1 cm³/mol. The molecule has 1 saturated heterocycles. The fourth-order valence-corrected chi connectivity index (χ4v) is 3.09. The Morgan fingerprint density at radius 1 is 1.39 bits per heavy atom. The molecule has 9 nitrogen and oxygen atoms in total. The third kappa shape index (κ3) is 3.53. The first-order chi connectivity index (χ1) is 13.7. The normalized spacial score (nSPS) is 16.0. The molecule has 1 unspecified atom stereocenters. The Labute approximate surface area is 160 Å². The van der Waals surface area contributed by atoms with E-state index >= 15 is 0 Å². The summed E-state index contributed by atoms with van der Waals surface area (Å²) in [4.78, 5) is 14.0. The van der Waals surface area contributed by atoms with Gasteiger partial charge in [-0.05, 0) is 30.7 Å². The minimum absolute atomic E-state index is 0.0562. The van der Waals surface area contributed by atoms with Gasteiger partial charge in [0, 0.05) is 36.8 Å². The lowest BCUT2D eigenvalue weighted by molar-refractivity contribution is 0.0933. The highest BCUT2D eigenvalue weighted by Gasteiger charge is 2.24. The van der Waals surface area contributed by atoms with Crippen LogP contribution in [0, 0.1) is 11.5 Å². The second-order valence-electron chi connectivity index (χ2n) is 6.48. The molecular formula is C19H18N6O3. The second kappa shape index (κ2) is 7.44. The molecule has 2 N–H and O–H groups in total. The van der Waals surface area contributed by atoms with Gasteiger partial charge in [-0.1, -0.05) is 5.16 Å². The van der Waals surface area contributed by atoms with Crippen molar-refractivity contribution in [2.75, 3.05) is 20.2 Å². The minimum Gasteiger partial charge on any atom is -0.497 e. The highest BCUT2D eigenvalue weighted by Crippen LogP contribution is 2.26. The van der Waals surface area contributed by atoms with E-state index in [2.05, 4.69) is 26.9 Å². The van der Waals surface area contributed by atoms with Gasteiger partial charge in [0.2, 0.25) is 0 Å². The lowest BCUT2D eigenvalue weighted by Gasteiger charge is -2.10. The molecule has 3 aromatic rings. The first-order valence-electron chi connectivity index (χ1n) is 8.78. The summed E-state index contributed by atoms with van der Waals surface area (Å²) < 4.78 is 10.5. The summed E-state index contributed by atoms with van der Waals surface area (Å²) >= 11 is 0. The highest BCUT2D eigenvalue weighted by molar-refractivity contribution is 5.93. The highest BCUT2D eigenvalue weighted by atomic mass is 16.5. The Kier molecular flexibility index (Phi) is 4.68. The van der Waals surface area contributed by atoms with Crippen LogP contribution in [0.25, 0.3) is 22.7 Å². The molecule has 0 bridgehead atoms. The number of nitrogens with zero attached hydrogens (tertiary/aromatic N) is 4. The van der Waals surface area contributed by atoms with Gasteiger partial charge in [-0.2, -0.15) is 10.4 Å². The number of aromatic nitrogens is 3. The molecule has 0 aliphatic carbocycles. The van der Waals surface area contributed by atoms with Gasteiger partial charge in [0.05, 0.1) is 7.11 Å². The van der Waals surface area contributed by atoms with Crippen LogP contribution in [0.2, 0.25) is 0 Å². The monoisotopic (exact) mass is 378 g/mol. The maximum absolute atomic E-state index is 12.4. The van der Waals surface area contributed by atoms with Crippen molar-refractivity contribution in [3.05, 3.63) is 42.1 Å². The maximum atomic E-state index is 12.4. The summed E-state index contributed by atoms with van der Waals surface area (Å²) in [5, 5.41) is 22.7. The zero-order valence-corrected chi connectivity index (χ0v) is 15.2. The van der Waals surface area contributed by atoms with Crippen molar-refractivity contribution in [1.82, 2.24) is 25.6 Å². The van der Waals surface area contributed by atoms with Crippen molar-refractivity contribution in [1.29, 1.82) is 5.26 Å². The number of nitrogens with one attached hydrogen (secondary N) is 2. The molecule has 0 saturated carbocycles. The summed E-state index contributed by atoms with van der Waals surface area (Å²) in [6, 6.07) is 10.8. The molecular weight excluding hydrogens is 360 g/mol. The van der Waals surface area contributed by atoms with Gasteiger partial charge in [0.15, 0.2) is 17.6 Å². The van der Waals surface area contributed by atoms with Gasteiger partial charge >= 0.3 is 0 Å². The molecule has 0 radical (unpaired) electrons. The lowest BCUT2D eigenvalue weighted by atomic mass is 10.1. The molecule has 142 valence electrons. The average Bonchev–Trinajstić information content (AvgIpc) is 3.47. The van der Waals surface area contributed by atoms with E-state index in [1.807, 2.05) is 24.3 Å². The van der Waals surface area contributed by atoms with Crippen molar-refractivity contribution in [3.8, 4) is 34.7 Å². The first-order valence-corrected chi connectivity index (χ1v) is 8.78. The van der Waals surface area contributed by atoms with Crippen LogP contribution < -0.4 is 10.1 Å². The van der Waals surface area contributed by atoms with Gasteiger partial charge in [-0.3, -0.25) is 9.89 Å². The molecule has 4 rings (SSSR count). The van der Waals surface area contributed by atoms with Crippen LogP contribution in [0.15, 0.2) is 40.9 Å². The summed E-state index contributed by atoms with van der Waals surface area (Å²) in [5.41, 5.74) is 2.37. The zero-order valence-electron chi connectivity index (χ0n) is 15.2. The van der Waals surface area contributed by atoms with Crippen LogP contribution in [-0.2, 0) is 0 Å². The van der Waals surface area contributed by atoms with Crippen LogP contribution in [0.4, 0.5) is 0 Å². The first kappa shape index (κ1) is 17.6. The van der Waals surface area contributed by atoms with Crippen molar-refractivity contribution in [3.63, 3.8) is 0 Å². The SMILES string of the molecule is COc1ccc(-c2cc(-c3cc(C(=O)NC4CCN(C#N)C4)n[nH]3)on2)cc1. The largest absolute Gasteiger partial charge is 0.497 e. The number of carbonyl (C=O) groups is 1. The molecule has 3 heterocycles. The Balaban J connectivity index is 1.45. The molecule has 0 spiro atoms. The van der Waals surface area contributed by atoms with Gasteiger partial charge in [0.1, 0.15) is 17.1 Å². The number of methoxy groups -OCH3 is 1. The fourth-order valence-electron chi connectivity index (χ4n) is 3.09. The number of H-pyrrole nitrogens is 1. The maximum Gasteiger partial charge on any atom is 0.272 e. The molecule has 2 aromatic heterocycles. The molecule has 1 atom stereocenters. The van der Waals surface area contributed by atoms with Gasteiger partial charge in [-0.15, -0.1) is 0 Å². The molecule has 1 aliphatic rings. The molecule has 1 fully saturated rings. The van der Waals surface area contributed by atoms with Gasteiger partial charge in [-0.25, -0.2) is 0 Å². The average molecular weight is 378 g/mol. The predicted octanol–water partition coefficient (Wildman–Crippen LogP) is 2.03. The van der Waals surface area contributed by atoms with Gasteiger partial charge < -0.3 is 19.5 Å². The number of ether oxygens (including phenoxy) is 1. The molecule has 9 heteroatoms. The van der Waals surface area contributed by atoms with Crippen LogP contribution in [-0.4, -0.2) is 52.4 Å². The number of aromatic amines is 1. The molecule has 28 heavy (non-hydrogen) atoms. The number of nitriles is 1. The van der Waals surface area contributed by atoms with E-state index in [1.54, 1.807) is 24.1 Å². The van der Waals surface area contributed by atoms with Crippen LogP contribution in [0.3, 0.4) is 0 Å². The number of amides is 1. The quantitative estimate of drug-likeness (QED) is 0.652. The summed E-state index contributed by atoms with van der Waals surface area (Å²) in [6.07, 6.45) is 2.83. The van der Waals surface area contributed by atoms with Crippen molar-refractivity contribution in [2.45, 2.75) is 12.5 Å². The topological polar surface area (TPSA) is 120 Å². The Morgan fingerprint density at radius 3 is 2.93 bits per heavy atom. The fraction of sp³-hybridized carbons (Fsp3) is 0.263. The Hall–Kier alpha value is -3.80. The standard InChI is InChI=1S/C19H18N6O3/c1-27-14-4-2-12(3-5-14)15-9-18(28-24-15)16-8-17(23-22-16)19(26)21-13-6-7-25(10-13)11-20/h2-5,8-9,13H,6-7,10H2,1H3,(H,21,26)(H,22,23). The van der Waals surface area contributed by atoms with E-state index in [-0.39, 0.29) is 17.6 Å². The van der Waals surface area contributed by atoms with E-state index in [9.17, 15) is 4.79 Å². The van der Waals surface area contributed by atoms with Crippen LogP contribution in [0.1, 0.15) is 16.9 Å². The third-order valence-electron chi connectivity index (χ3n) is 4.64. The number of rotatable bonds is 5. The molecule has 1 amide bonds. The van der Waals surface area contributed by atoms with E-state index in [0.717, 1.165) is 17.7 Å². The van der Waals surface area contributed by atoms with Crippen LogP contribution in [0.5, 0.6) is 5.75 Å². The van der Waals surface area contributed by atoms with E-state index < -0.39 is 0 Å². The summed E-state index contributed by atoms with van der Waals surface area (Å²) in [7, 11) is 1.61. The molecule has 1 aliphatic heterocycles. The van der Waals surface area contributed by atoms with E-state index in [4.69, 9.17) is 14.5 Å². The molecule has 1 aromatic carbocycles. The van der Waals surface area contributed by atoms with Crippen molar-refractivity contribution in [2.24, 2.45) is 0 Å². The van der Waals surface area contributed by atoms with Crippen LogP contribution >= 0.6 is 0 Å². The number of likely N-dealkylation sites (tertiary alicyclic amines) is 1. The van der Waals surface area contributed by atoms with Crippen molar-refractivity contribution < 1.29 is 14.1 Å². The van der Waals surface area contributed by atoms with Crippen molar-refractivity contribution >= 4 is 5.91 Å². The lowest BCUT2D eigenvalue weighted by Crippen LogP contribution is -2.36. The smallest absolute Gasteiger partial charge is 0.272 e. The number of hydrogen-bond donors (Lipinski definition) is 2. The van der Waals surface area contributed by atoms with Gasteiger partial charge in [0.25, 0.3) is 5.91 Å². The number of benzene rings is 1. The second-order valence-corrected chi connectivity index (χ2v) is 6.48. The summed E-state index contributed by atoms with van der Waals surface area (Å²) in [6.45, 7) is 1.17. The Morgan fingerprint density at radius 2 is 2.21 bits per heavy atom. The summed E-state index contributed by atoms with van der Waals surface area (Å²) in [5.74, 6) is 0.952. The third-order valence-corrected chi connectivity index (χ3v) is 4.64. The zero-order chi connectivity index (χ0) is 19.5. The number of hydrogen-bond acceptors (Lipinski definition) is 7. The van der Waals surface area contributed by atoms with E-state index in [1.165, 1.54) is 0 Å². The number of carbonyl (C=O) groups excluding carboxylic acids is 1. The minimum atomic E-state index is -0.290.